The van der Waals surface area contributed by atoms with Crippen LogP contribution in [-0.2, 0) is 36.2 Å². The molecule has 1 aliphatic rings. The van der Waals surface area contributed by atoms with E-state index in [4.69, 9.17) is 0 Å². The molecule has 1 aliphatic heterocycles. The molecule has 0 unspecified atom stereocenters. The van der Waals surface area contributed by atoms with Crippen LogP contribution in [-0.4, -0.2) is 13.3 Å². The Morgan fingerprint density at radius 1 is 0.667 bits per heavy atom. The summed E-state index contributed by atoms with van der Waals surface area (Å²) in [7, 11) is 0. The molecule has 0 spiro atoms. The normalized spacial score (nSPS) is 16.3. The average Bonchev–Trinajstić information content (AvgIpc) is 2.76. The Hall–Kier alpha value is -0.237. The Morgan fingerprint density at radius 3 is 1.33 bits per heavy atom. The summed E-state index contributed by atoms with van der Waals surface area (Å²) in [6.07, 6.45) is 7.67. The molecule has 1 heteroatoms. The average molecular weight is 347 g/mol. The number of benzene rings is 1. The zero-order valence-corrected chi connectivity index (χ0v) is 17.3. The molecule has 0 nitrogen and oxygen atoms in total. The maximum atomic E-state index is 2.64. The predicted molar refractivity (Wildman–Crippen MR) is 98.1 cm³/mol. The van der Waals surface area contributed by atoms with Crippen molar-refractivity contribution in [3.05, 3.63) is 33.4 Å². The van der Waals surface area contributed by atoms with E-state index in [9.17, 15) is 0 Å². The molecule has 0 fully saturated rings. The van der Waals surface area contributed by atoms with Crippen molar-refractivity contribution in [3.8, 4) is 0 Å². The number of rotatable bonds is 6. The molecule has 0 aromatic heterocycles. The second kappa shape index (κ2) is 6.90. The third kappa shape index (κ3) is 3.26. The first-order valence-electron chi connectivity index (χ1n) is 9.16. The van der Waals surface area contributed by atoms with Gasteiger partial charge in [-0.3, -0.25) is 0 Å². The Morgan fingerprint density at radius 2 is 1.05 bits per heavy atom. The molecule has 1 heterocycles. The first-order chi connectivity index (χ1) is 9.99. The third-order valence-electron chi connectivity index (χ3n) is 5.20. The van der Waals surface area contributed by atoms with Gasteiger partial charge in [-0.05, 0) is 0 Å². The van der Waals surface area contributed by atoms with Crippen LogP contribution in [0.1, 0.15) is 73.9 Å². The standard InChI is InChI=1S/C20H34Ge/c1-7-11-17-15(9-3)16(10-4)18(12-8-2)20-14-21(5,6)13-19(17)20/h7-14H2,1-6H3. The Labute approximate surface area is 135 Å². The Kier molecular flexibility index (Phi) is 5.62. The van der Waals surface area contributed by atoms with Crippen molar-refractivity contribution in [1.29, 1.82) is 0 Å². The monoisotopic (exact) mass is 348 g/mol. The van der Waals surface area contributed by atoms with Crippen LogP contribution in [0.15, 0.2) is 0 Å². The van der Waals surface area contributed by atoms with E-state index in [1.807, 2.05) is 11.1 Å². The van der Waals surface area contributed by atoms with E-state index in [0.717, 1.165) is 0 Å². The van der Waals surface area contributed by atoms with Crippen molar-refractivity contribution in [2.75, 3.05) is 0 Å². The molecule has 1 aromatic carbocycles. The molecule has 0 saturated carbocycles. The van der Waals surface area contributed by atoms with Gasteiger partial charge in [0.2, 0.25) is 0 Å². The van der Waals surface area contributed by atoms with E-state index in [-0.39, 0.29) is 0 Å². The van der Waals surface area contributed by atoms with Crippen LogP contribution < -0.4 is 0 Å². The molecule has 2 rings (SSSR count). The summed E-state index contributed by atoms with van der Waals surface area (Å²) in [6.45, 7) is 9.44. The second-order valence-electron chi connectivity index (χ2n) is 7.60. The van der Waals surface area contributed by atoms with Crippen molar-refractivity contribution >= 4 is 13.3 Å². The van der Waals surface area contributed by atoms with Gasteiger partial charge in [0, 0.05) is 0 Å². The van der Waals surface area contributed by atoms with E-state index < -0.39 is 13.3 Å². The fourth-order valence-electron chi connectivity index (χ4n) is 4.50. The van der Waals surface area contributed by atoms with Gasteiger partial charge in [-0.25, -0.2) is 0 Å². The van der Waals surface area contributed by atoms with Gasteiger partial charge in [0.1, 0.15) is 0 Å². The SMILES string of the molecule is CCCc1c(CC)c(CC)c(CCC)c2c1[CH2][Ge]([CH3])([CH3])[CH2]2. The first kappa shape index (κ1) is 17.1. The summed E-state index contributed by atoms with van der Waals surface area (Å²) in [5, 5.41) is 2.97. The van der Waals surface area contributed by atoms with Crippen molar-refractivity contribution in [2.45, 2.75) is 88.2 Å². The van der Waals surface area contributed by atoms with Crippen LogP contribution in [0, 0.1) is 0 Å². The van der Waals surface area contributed by atoms with Gasteiger partial charge in [0.05, 0.1) is 0 Å². The summed E-state index contributed by atoms with van der Waals surface area (Å²) in [5.41, 5.74) is 10.7. The van der Waals surface area contributed by atoms with Crippen LogP contribution in [0.5, 0.6) is 0 Å². The summed E-state index contributed by atoms with van der Waals surface area (Å²) in [5.74, 6) is 5.28. The zero-order chi connectivity index (χ0) is 15.6. The summed E-state index contributed by atoms with van der Waals surface area (Å²) >= 11 is -1.56. The van der Waals surface area contributed by atoms with Crippen LogP contribution in [0.4, 0.5) is 0 Å². The van der Waals surface area contributed by atoms with Crippen molar-refractivity contribution in [3.63, 3.8) is 0 Å². The van der Waals surface area contributed by atoms with Crippen LogP contribution in [0.25, 0.3) is 0 Å². The third-order valence-corrected chi connectivity index (χ3v) is 10.7. The Bertz CT molecular complexity index is 466. The van der Waals surface area contributed by atoms with E-state index in [1.54, 1.807) is 22.3 Å². The predicted octanol–water partition coefficient (Wildman–Crippen LogP) is 5.60. The molecule has 0 atom stereocenters. The van der Waals surface area contributed by atoms with Gasteiger partial charge in [0.15, 0.2) is 0 Å². The fourth-order valence-corrected chi connectivity index (χ4v) is 10.6. The second-order valence-corrected chi connectivity index (χ2v) is 18.2. The van der Waals surface area contributed by atoms with Crippen molar-refractivity contribution in [2.24, 2.45) is 0 Å². The summed E-state index contributed by atoms with van der Waals surface area (Å²) in [6, 6.07) is 0. The molecule has 118 valence electrons. The van der Waals surface area contributed by atoms with Gasteiger partial charge >= 0.3 is 135 Å². The number of fused-ring (bicyclic) bond motifs is 1. The van der Waals surface area contributed by atoms with Gasteiger partial charge in [0.25, 0.3) is 0 Å². The fraction of sp³-hybridized carbons (Fsp3) is 0.700. The molecule has 0 amide bonds. The van der Waals surface area contributed by atoms with E-state index in [1.165, 1.54) is 49.0 Å². The maximum absolute atomic E-state index is 2.64. The van der Waals surface area contributed by atoms with Crippen molar-refractivity contribution < 1.29 is 0 Å². The Balaban J connectivity index is 2.71. The molecule has 0 N–H and O–H groups in total. The summed E-state index contributed by atoms with van der Waals surface area (Å²) < 4.78 is 0. The molecule has 0 bridgehead atoms. The number of hydrogen-bond acceptors (Lipinski definition) is 0. The van der Waals surface area contributed by atoms with E-state index >= 15 is 0 Å². The van der Waals surface area contributed by atoms with Gasteiger partial charge in [-0.15, -0.1) is 0 Å². The molecule has 0 saturated heterocycles. The van der Waals surface area contributed by atoms with Crippen LogP contribution in [0.2, 0.25) is 11.5 Å². The van der Waals surface area contributed by atoms with Gasteiger partial charge in [-0.1, -0.05) is 0 Å². The minimum absolute atomic E-state index is 1.23. The van der Waals surface area contributed by atoms with Gasteiger partial charge < -0.3 is 0 Å². The minimum atomic E-state index is -1.56. The van der Waals surface area contributed by atoms with Crippen LogP contribution in [0.3, 0.4) is 0 Å². The first-order valence-corrected chi connectivity index (χ1v) is 16.3. The molecule has 21 heavy (non-hydrogen) atoms. The molecular weight excluding hydrogens is 313 g/mol. The van der Waals surface area contributed by atoms with E-state index in [0.29, 0.717) is 0 Å². The topological polar surface area (TPSA) is 0 Å². The zero-order valence-electron chi connectivity index (χ0n) is 15.2. The molecule has 1 aromatic rings. The van der Waals surface area contributed by atoms with Crippen LogP contribution >= 0.6 is 0 Å². The quantitative estimate of drug-likeness (QED) is 0.588. The molecular formula is C20H34Ge. The molecule has 0 radical (unpaired) electrons. The van der Waals surface area contributed by atoms with Gasteiger partial charge in [-0.2, -0.15) is 0 Å². The number of hydrogen-bond donors (Lipinski definition) is 0. The molecule has 0 aliphatic carbocycles. The van der Waals surface area contributed by atoms with Crippen molar-refractivity contribution in [1.82, 2.24) is 0 Å². The summed E-state index contributed by atoms with van der Waals surface area (Å²) in [4.78, 5) is 0. The van der Waals surface area contributed by atoms with E-state index in [2.05, 4.69) is 39.2 Å².